The van der Waals surface area contributed by atoms with Crippen LogP contribution in [0.2, 0.25) is 5.02 Å². The van der Waals surface area contributed by atoms with Gasteiger partial charge in [0.25, 0.3) is 0 Å². The number of ether oxygens (including phenoxy) is 2. The molecule has 2 amide bonds. The number of para-hydroxylation sites is 1. The van der Waals surface area contributed by atoms with Gasteiger partial charge in [0.05, 0.1) is 42.6 Å². The first-order chi connectivity index (χ1) is 15.0. The van der Waals surface area contributed by atoms with Gasteiger partial charge in [0.15, 0.2) is 0 Å². The predicted octanol–water partition coefficient (Wildman–Crippen LogP) is 4.35. The molecule has 0 spiro atoms. The number of amides is 2. The molecule has 0 saturated carbocycles. The average molecular weight is 460 g/mol. The maximum Gasteiger partial charge on any atom is 0.229 e. The summed E-state index contributed by atoms with van der Waals surface area (Å²) in [4.78, 5) is 28.0. The molecule has 9 heteroatoms. The highest BCUT2D eigenvalue weighted by atomic mass is 35.5. The first-order valence-electron chi connectivity index (χ1n) is 9.60. The van der Waals surface area contributed by atoms with Crippen molar-refractivity contribution in [2.75, 3.05) is 36.7 Å². The van der Waals surface area contributed by atoms with E-state index < -0.39 is 5.92 Å². The number of carbonyl (C=O) groups excluding carboxylic acids is 2. The lowest BCUT2D eigenvalue weighted by Crippen LogP contribution is -2.28. The molecule has 1 atom stereocenters. The van der Waals surface area contributed by atoms with Crippen molar-refractivity contribution < 1.29 is 19.1 Å². The Bertz CT molecular complexity index is 1020. The van der Waals surface area contributed by atoms with Crippen molar-refractivity contribution in [3.63, 3.8) is 0 Å². The summed E-state index contributed by atoms with van der Waals surface area (Å²) in [5.41, 5.74) is 1.17. The van der Waals surface area contributed by atoms with Gasteiger partial charge in [-0.15, -0.1) is 11.8 Å². The van der Waals surface area contributed by atoms with E-state index >= 15 is 0 Å². The molecule has 2 aromatic rings. The number of halogens is 1. The van der Waals surface area contributed by atoms with Crippen molar-refractivity contribution in [3.8, 4) is 17.6 Å². The number of benzene rings is 2. The van der Waals surface area contributed by atoms with Crippen LogP contribution >= 0.6 is 23.4 Å². The minimum absolute atomic E-state index is 0.0857. The van der Waals surface area contributed by atoms with Gasteiger partial charge >= 0.3 is 0 Å². The number of nitriles is 1. The Hall–Kier alpha value is -2.89. The van der Waals surface area contributed by atoms with Crippen LogP contribution in [0.4, 0.5) is 11.4 Å². The maximum absolute atomic E-state index is 12.9. The van der Waals surface area contributed by atoms with Crippen LogP contribution in [0.3, 0.4) is 0 Å². The summed E-state index contributed by atoms with van der Waals surface area (Å²) in [5, 5.41) is 12.0. The number of hydrogen-bond donors (Lipinski definition) is 1. The molecule has 0 aliphatic carbocycles. The molecule has 0 bridgehead atoms. The van der Waals surface area contributed by atoms with Crippen LogP contribution in [-0.4, -0.2) is 38.3 Å². The first kappa shape index (κ1) is 22.8. The fourth-order valence-electron chi connectivity index (χ4n) is 3.31. The van der Waals surface area contributed by atoms with Gasteiger partial charge in [-0.2, -0.15) is 5.26 Å². The number of methoxy groups -OCH3 is 2. The lowest BCUT2D eigenvalue weighted by Gasteiger charge is -2.21. The third kappa shape index (κ3) is 5.24. The molecule has 162 valence electrons. The molecule has 31 heavy (non-hydrogen) atoms. The normalized spacial score (nSPS) is 15.5. The summed E-state index contributed by atoms with van der Waals surface area (Å²) in [6.07, 6.45) is 0.508. The third-order valence-electron chi connectivity index (χ3n) is 4.86. The second kappa shape index (κ2) is 10.4. The molecule has 1 N–H and O–H groups in total. The monoisotopic (exact) mass is 459 g/mol. The van der Waals surface area contributed by atoms with Crippen molar-refractivity contribution >= 4 is 46.6 Å². The van der Waals surface area contributed by atoms with Gasteiger partial charge in [0, 0.05) is 36.1 Å². The highest BCUT2D eigenvalue weighted by Crippen LogP contribution is 2.40. The van der Waals surface area contributed by atoms with Crippen LogP contribution in [0.15, 0.2) is 41.3 Å². The Labute approximate surface area is 190 Å². The Balaban J connectivity index is 1.75. The number of anilines is 2. The van der Waals surface area contributed by atoms with Crippen molar-refractivity contribution in [3.05, 3.63) is 41.4 Å². The number of thioether (sulfide) groups is 1. The zero-order valence-corrected chi connectivity index (χ0v) is 18.8. The quantitative estimate of drug-likeness (QED) is 0.466. The van der Waals surface area contributed by atoms with Gasteiger partial charge in [0.1, 0.15) is 11.5 Å². The number of rotatable bonds is 8. The summed E-state index contributed by atoms with van der Waals surface area (Å²) in [6.45, 7) is 0.216. The number of carbonyl (C=O) groups is 2. The van der Waals surface area contributed by atoms with E-state index in [-0.39, 0.29) is 24.8 Å². The summed E-state index contributed by atoms with van der Waals surface area (Å²) in [5.74, 6) is 0.579. The van der Waals surface area contributed by atoms with Gasteiger partial charge in [-0.3, -0.25) is 9.59 Å². The second-order valence-corrected chi connectivity index (χ2v) is 8.35. The van der Waals surface area contributed by atoms with Gasteiger partial charge in [-0.25, -0.2) is 0 Å². The molecule has 0 radical (unpaired) electrons. The number of nitrogens with one attached hydrogen (secondary N) is 1. The van der Waals surface area contributed by atoms with Crippen molar-refractivity contribution in [1.82, 2.24) is 0 Å². The average Bonchev–Trinajstić information content (AvgIpc) is 3.16. The van der Waals surface area contributed by atoms with E-state index in [9.17, 15) is 9.59 Å². The number of hydrogen-bond acceptors (Lipinski definition) is 6. The summed E-state index contributed by atoms with van der Waals surface area (Å²) in [7, 11) is 3.00. The summed E-state index contributed by atoms with van der Waals surface area (Å²) >= 11 is 7.75. The highest BCUT2D eigenvalue weighted by Gasteiger charge is 2.37. The van der Waals surface area contributed by atoms with E-state index in [1.807, 2.05) is 24.3 Å². The van der Waals surface area contributed by atoms with Crippen LogP contribution in [0.1, 0.15) is 12.8 Å². The van der Waals surface area contributed by atoms with Gasteiger partial charge in [0.2, 0.25) is 11.8 Å². The zero-order chi connectivity index (χ0) is 22.4. The molecule has 1 fully saturated rings. The largest absolute Gasteiger partial charge is 0.495 e. The summed E-state index contributed by atoms with van der Waals surface area (Å²) in [6, 6.07) is 12.8. The van der Waals surface area contributed by atoms with E-state index in [0.29, 0.717) is 40.1 Å². The molecular formula is C22H22ClN3O4S. The van der Waals surface area contributed by atoms with E-state index in [1.54, 1.807) is 12.1 Å². The molecule has 7 nitrogen and oxygen atoms in total. The first-order valence-corrected chi connectivity index (χ1v) is 11.0. The van der Waals surface area contributed by atoms with E-state index in [0.717, 1.165) is 4.90 Å². The molecule has 0 aromatic heterocycles. The van der Waals surface area contributed by atoms with Gasteiger partial charge in [-0.05, 0) is 18.2 Å². The molecule has 2 aromatic carbocycles. The Morgan fingerprint density at radius 1 is 1.29 bits per heavy atom. The predicted molar refractivity (Wildman–Crippen MR) is 121 cm³/mol. The molecular weight excluding hydrogens is 438 g/mol. The molecule has 1 aliphatic heterocycles. The third-order valence-corrected chi connectivity index (χ3v) is 6.23. The van der Waals surface area contributed by atoms with E-state index in [4.69, 9.17) is 26.3 Å². The lowest BCUT2D eigenvalue weighted by molar-refractivity contribution is -0.122. The minimum Gasteiger partial charge on any atom is -0.495 e. The molecule has 1 heterocycles. The van der Waals surface area contributed by atoms with Crippen molar-refractivity contribution in [2.45, 2.75) is 17.7 Å². The SMILES string of the molecule is COc1cc(OC)c(N2C[C@H](C(=O)Nc3ccccc3SCCC#N)CC2=O)cc1Cl. The Morgan fingerprint density at radius 2 is 2.03 bits per heavy atom. The molecule has 3 rings (SSSR count). The molecule has 1 aliphatic rings. The van der Waals surface area contributed by atoms with Crippen LogP contribution in [0, 0.1) is 17.2 Å². The van der Waals surface area contributed by atoms with Crippen LogP contribution in [0.25, 0.3) is 0 Å². The molecule has 1 saturated heterocycles. The highest BCUT2D eigenvalue weighted by molar-refractivity contribution is 7.99. The summed E-state index contributed by atoms with van der Waals surface area (Å²) < 4.78 is 10.6. The van der Waals surface area contributed by atoms with Crippen molar-refractivity contribution in [1.29, 1.82) is 5.26 Å². The fraction of sp³-hybridized carbons (Fsp3) is 0.318. The van der Waals surface area contributed by atoms with Crippen LogP contribution in [-0.2, 0) is 9.59 Å². The minimum atomic E-state index is -0.518. The van der Waals surface area contributed by atoms with E-state index in [1.165, 1.54) is 30.9 Å². The molecule has 0 unspecified atom stereocenters. The van der Waals surface area contributed by atoms with Crippen molar-refractivity contribution in [2.24, 2.45) is 5.92 Å². The number of nitrogens with zero attached hydrogens (tertiary/aromatic N) is 2. The maximum atomic E-state index is 12.9. The Kier molecular flexibility index (Phi) is 7.66. The second-order valence-electron chi connectivity index (χ2n) is 6.81. The Morgan fingerprint density at radius 3 is 2.74 bits per heavy atom. The topological polar surface area (TPSA) is 91.7 Å². The van der Waals surface area contributed by atoms with E-state index in [2.05, 4.69) is 11.4 Å². The smallest absolute Gasteiger partial charge is 0.229 e. The zero-order valence-electron chi connectivity index (χ0n) is 17.2. The fourth-order valence-corrected chi connectivity index (χ4v) is 4.41. The lowest BCUT2D eigenvalue weighted by atomic mass is 10.1. The van der Waals surface area contributed by atoms with Gasteiger partial charge < -0.3 is 19.7 Å². The van der Waals surface area contributed by atoms with Crippen LogP contribution in [0.5, 0.6) is 11.5 Å². The standard InChI is InChI=1S/C22H22ClN3O4S/c1-29-18-12-19(30-2)17(11-15(18)23)26-13-14(10-21(26)27)22(28)25-16-6-3-4-7-20(16)31-9-5-8-24/h3-4,6-7,11-12,14H,5,9-10,13H2,1-2H3,(H,25,28)/t14-/m1/s1. The van der Waals surface area contributed by atoms with Crippen LogP contribution < -0.4 is 19.7 Å². The van der Waals surface area contributed by atoms with Gasteiger partial charge in [-0.1, -0.05) is 23.7 Å².